The molecule has 0 fully saturated rings. The van der Waals surface area contributed by atoms with Crippen LogP contribution in [0.4, 0.5) is 0 Å². The Hall–Kier alpha value is -5.54. The summed E-state index contributed by atoms with van der Waals surface area (Å²) in [6.07, 6.45) is 26.2. The zero-order valence-electron chi connectivity index (χ0n) is 26.2. The Labute approximate surface area is 271 Å². The number of rotatable bonds is 7. The smallest absolute Gasteiger partial charge is 0.160 e. The number of aromatic nitrogens is 3. The molecule has 3 nitrogen and oxygen atoms in total. The molecule has 3 aromatic carbocycles. The summed E-state index contributed by atoms with van der Waals surface area (Å²) in [7, 11) is 0. The Bertz CT molecular complexity index is 2110. The lowest BCUT2D eigenvalue weighted by molar-refractivity contribution is 0.974. The van der Waals surface area contributed by atoms with Crippen molar-refractivity contribution in [1.82, 2.24) is 14.5 Å². The third-order valence-corrected chi connectivity index (χ3v) is 8.68. The maximum Gasteiger partial charge on any atom is 0.160 e. The summed E-state index contributed by atoms with van der Waals surface area (Å²) in [6, 6.07) is 29.5. The second kappa shape index (κ2) is 13.2. The van der Waals surface area contributed by atoms with Crippen LogP contribution in [0.15, 0.2) is 146 Å². The van der Waals surface area contributed by atoms with Crippen LogP contribution >= 0.6 is 0 Å². The quantitative estimate of drug-likeness (QED) is 0.175. The van der Waals surface area contributed by atoms with Crippen LogP contribution in [0.5, 0.6) is 0 Å². The first-order valence-corrected chi connectivity index (χ1v) is 16.1. The molecule has 224 valence electrons. The van der Waals surface area contributed by atoms with Crippen LogP contribution in [0.2, 0.25) is 0 Å². The lowest BCUT2D eigenvalue weighted by Crippen LogP contribution is -2.01. The van der Waals surface area contributed by atoms with E-state index in [0.717, 1.165) is 65.0 Å². The Morgan fingerprint density at radius 2 is 1.54 bits per heavy atom. The van der Waals surface area contributed by atoms with Gasteiger partial charge in [0, 0.05) is 27.9 Å². The predicted octanol–water partition coefficient (Wildman–Crippen LogP) is 11.1. The number of allylic oxidation sites excluding steroid dienone is 12. The van der Waals surface area contributed by atoms with E-state index in [1.165, 1.54) is 27.7 Å². The molecule has 2 aromatic heterocycles. The minimum Gasteiger partial charge on any atom is -0.310 e. The first-order chi connectivity index (χ1) is 22.7. The van der Waals surface area contributed by atoms with Crippen LogP contribution in [0.1, 0.15) is 48.7 Å². The number of fused-ring (bicyclic) bond motifs is 3. The average Bonchev–Trinajstić information content (AvgIpc) is 3.43. The van der Waals surface area contributed by atoms with Gasteiger partial charge in [-0.1, -0.05) is 128 Å². The minimum absolute atomic E-state index is 0.682. The van der Waals surface area contributed by atoms with E-state index in [0.29, 0.717) is 5.82 Å². The lowest BCUT2D eigenvalue weighted by atomic mass is 9.95. The van der Waals surface area contributed by atoms with Gasteiger partial charge < -0.3 is 4.57 Å². The van der Waals surface area contributed by atoms with E-state index in [2.05, 4.69) is 146 Å². The van der Waals surface area contributed by atoms with Crippen LogP contribution in [0.3, 0.4) is 0 Å². The largest absolute Gasteiger partial charge is 0.310 e. The monoisotopic (exact) mass is 595 g/mol. The van der Waals surface area contributed by atoms with Crippen LogP contribution in [-0.2, 0) is 6.42 Å². The van der Waals surface area contributed by atoms with E-state index in [-0.39, 0.29) is 0 Å². The van der Waals surface area contributed by atoms with E-state index < -0.39 is 0 Å². The number of aryl methyl sites for hydroxylation is 1. The molecular formula is C43H37N3. The van der Waals surface area contributed by atoms with E-state index in [4.69, 9.17) is 9.97 Å². The fourth-order valence-corrected chi connectivity index (χ4v) is 6.37. The van der Waals surface area contributed by atoms with E-state index >= 15 is 0 Å². The minimum atomic E-state index is 0.682. The molecule has 0 unspecified atom stereocenters. The van der Waals surface area contributed by atoms with Gasteiger partial charge in [0.05, 0.1) is 16.9 Å². The summed E-state index contributed by atoms with van der Waals surface area (Å²) in [6.45, 7) is 6.60. The Morgan fingerprint density at radius 3 is 2.41 bits per heavy atom. The molecule has 5 aromatic rings. The van der Waals surface area contributed by atoms with Crippen molar-refractivity contribution < 1.29 is 0 Å². The van der Waals surface area contributed by atoms with Gasteiger partial charge in [0.15, 0.2) is 5.82 Å². The van der Waals surface area contributed by atoms with Gasteiger partial charge in [-0.3, -0.25) is 0 Å². The van der Waals surface area contributed by atoms with Gasteiger partial charge in [0.2, 0.25) is 0 Å². The van der Waals surface area contributed by atoms with Crippen LogP contribution < -0.4 is 0 Å². The number of hydrogen-bond donors (Lipinski definition) is 0. The summed E-state index contributed by atoms with van der Waals surface area (Å²) in [5.74, 6) is 0.682. The molecular weight excluding hydrogens is 558 g/mol. The molecule has 2 aliphatic rings. The predicted molar refractivity (Wildman–Crippen MR) is 196 cm³/mol. The Kier molecular flexibility index (Phi) is 8.38. The molecule has 0 aliphatic heterocycles. The number of nitrogens with zero attached hydrogens (tertiary/aromatic N) is 3. The molecule has 46 heavy (non-hydrogen) atoms. The van der Waals surface area contributed by atoms with Crippen molar-refractivity contribution in [3.8, 4) is 22.6 Å². The van der Waals surface area contributed by atoms with Crippen molar-refractivity contribution in [3.05, 3.63) is 169 Å². The van der Waals surface area contributed by atoms with Crippen LogP contribution in [0, 0.1) is 0 Å². The van der Waals surface area contributed by atoms with Gasteiger partial charge in [0.1, 0.15) is 0 Å². The highest BCUT2D eigenvalue weighted by Crippen LogP contribution is 2.35. The molecule has 0 N–H and O–H groups in total. The van der Waals surface area contributed by atoms with Crippen molar-refractivity contribution in [2.75, 3.05) is 0 Å². The van der Waals surface area contributed by atoms with Crippen molar-refractivity contribution >= 4 is 33.8 Å². The molecule has 7 rings (SSSR count). The summed E-state index contributed by atoms with van der Waals surface area (Å²) in [4.78, 5) is 10.2. The van der Waals surface area contributed by atoms with Gasteiger partial charge in [0.25, 0.3) is 0 Å². The van der Waals surface area contributed by atoms with Crippen molar-refractivity contribution in [3.63, 3.8) is 0 Å². The molecule has 3 heteroatoms. The first-order valence-electron chi connectivity index (χ1n) is 16.1. The molecule has 0 atom stereocenters. The van der Waals surface area contributed by atoms with Crippen molar-refractivity contribution in [2.24, 2.45) is 0 Å². The number of hydrogen-bond acceptors (Lipinski definition) is 2. The molecule has 0 amide bonds. The van der Waals surface area contributed by atoms with Gasteiger partial charge in [-0.15, -0.1) is 0 Å². The summed E-state index contributed by atoms with van der Waals surface area (Å²) in [5, 5.41) is 1.32. The Morgan fingerprint density at radius 1 is 0.783 bits per heavy atom. The maximum atomic E-state index is 5.12. The first kappa shape index (κ1) is 29.2. The summed E-state index contributed by atoms with van der Waals surface area (Å²) in [5.41, 5.74) is 11.8. The highest BCUT2D eigenvalue weighted by molar-refractivity contribution is 5.93. The van der Waals surface area contributed by atoms with Gasteiger partial charge in [-0.25, -0.2) is 9.97 Å². The lowest BCUT2D eigenvalue weighted by Gasteiger charge is -2.14. The van der Waals surface area contributed by atoms with Crippen LogP contribution in [0.25, 0.3) is 56.5 Å². The molecule has 0 saturated heterocycles. The highest BCUT2D eigenvalue weighted by atomic mass is 15.0. The molecule has 0 radical (unpaired) electrons. The van der Waals surface area contributed by atoms with E-state index in [1.54, 1.807) is 0 Å². The second-order valence-electron chi connectivity index (χ2n) is 11.6. The molecule has 2 heterocycles. The van der Waals surface area contributed by atoms with Gasteiger partial charge in [-0.2, -0.15) is 0 Å². The summed E-state index contributed by atoms with van der Waals surface area (Å²) >= 11 is 0. The van der Waals surface area contributed by atoms with Crippen molar-refractivity contribution in [1.29, 1.82) is 0 Å². The third-order valence-electron chi connectivity index (χ3n) is 8.68. The van der Waals surface area contributed by atoms with Gasteiger partial charge in [-0.05, 0) is 79.2 Å². The number of para-hydroxylation sites is 1. The topological polar surface area (TPSA) is 30.7 Å². The zero-order chi connectivity index (χ0) is 31.3. The molecule has 0 spiro atoms. The molecule has 0 saturated carbocycles. The van der Waals surface area contributed by atoms with E-state index in [1.807, 2.05) is 18.2 Å². The maximum absolute atomic E-state index is 5.12. The Balaban J connectivity index is 1.31. The molecule has 0 bridgehead atoms. The standard InChI is InChI=1S/C43H37N3/c1-3-34(46-41-26-16-14-24-37(41)38-25-15-17-27-42(38)46)29-28-31(2)39-30-40(45-43(44-39)33-20-10-7-11-21-33)36-23-13-12-22-35(36)32-18-8-5-4-6-9-19-32/h3,5,7-14,16-24,26-30H,2,4,6,15,25H2,1H3/b8-5-,19-9?,29-28-,32-18?,34-3+. The zero-order valence-corrected chi connectivity index (χ0v) is 26.2. The molecule has 2 aliphatic carbocycles. The van der Waals surface area contributed by atoms with Gasteiger partial charge >= 0.3 is 0 Å². The summed E-state index contributed by atoms with van der Waals surface area (Å²) < 4.78 is 2.37. The second-order valence-corrected chi connectivity index (χ2v) is 11.6. The SMILES string of the molecule is C=C(/C=C\C(=C/C)n1c2c(c3ccccc31)CCC=C2)c1cc(-c2ccccc2C2=C/C=C\CCC=C2)nc(-c2ccccc2)n1. The average molecular weight is 596 g/mol. The fourth-order valence-electron chi connectivity index (χ4n) is 6.37. The fraction of sp³-hybridized carbons (Fsp3) is 0.116. The highest BCUT2D eigenvalue weighted by Gasteiger charge is 2.19. The van der Waals surface area contributed by atoms with E-state index in [9.17, 15) is 0 Å². The number of benzene rings is 3. The van der Waals surface area contributed by atoms with Crippen LogP contribution in [-0.4, -0.2) is 14.5 Å². The normalized spacial score (nSPS) is 15.4. The van der Waals surface area contributed by atoms with Crippen molar-refractivity contribution in [2.45, 2.75) is 32.6 Å². The third kappa shape index (κ3) is 5.80.